The van der Waals surface area contributed by atoms with Gasteiger partial charge in [-0.15, -0.1) is 0 Å². The molecular formula is C10H16N4O. The third kappa shape index (κ3) is 2.49. The summed E-state index contributed by atoms with van der Waals surface area (Å²) in [7, 11) is 1.55. The van der Waals surface area contributed by atoms with Gasteiger partial charge >= 0.3 is 0 Å². The zero-order chi connectivity index (χ0) is 10.7. The van der Waals surface area contributed by atoms with E-state index in [0.717, 1.165) is 12.5 Å². The first-order chi connectivity index (χ1) is 7.31. The van der Waals surface area contributed by atoms with Crippen molar-refractivity contribution in [3.8, 4) is 5.88 Å². The highest BCUT2D eigenvalue weighted by atomic mass is 16.5. The van der Waals surface area contributed by atoms with Gasteiger partial charge < -0.3 is 15.8 Å². The van der Waals surface area contributed by atoms with Crippen LogP contribution in [0, 0.1) is 5.92 Å². The summed E-state index contributed by atoms with van der Waals surface area (Å²) in [6.45, 7) is 0.912. The largest absolute Gasteiger partial charge is 0.479 e. The molecule has 1 aliphatic rings. The molecule has 0 atom stereocenters. The Morgan fingerprint density at radius 1 is 1.53 bits per heavy atom. The van der Waals surface area contributed by atoms with E-state index < -0.39 is 0 Å². The third-order valence-electron chi connectivity index (χ3n) is 2.58. The number of rotatable bonds is 5. The van der Waals surface area contributed by atoms with Crippen molar-refractivity contribution in [3.63, 3.8) is 0 Å². The summed E-state index contributed by atoms with van der Waals surface area (Å²) in [5.41, 5.74) is 6.30. The summed E-state index contributed by atoms with van der Waals surface area (Å²) in [5, 5.41) is 3.20. The molecule has 0 unspecified atom stereocenters. The molecule has 0 saturated heterocycles. The van der Waals surface area contributed by atoms with Crippen LogP contribution in [0.4, 0.5) is 11.5 Å². The number of nitrogens with one attached hydrogen (secondary N) is 1. The van der Waals surface area contributed by atoms with Gasteiger partial charge in [-0.2, -0.15) is 4.98 Å². The zero-order valence-electron chi connectivity index (χ0n) is 8.86. The fraction of sp³-hybridized carbons (Fsp3) is 0.600. The van der Waals surface area contributed by atoms with E-state index in [9.17, 15) is 0 Å². The number of aromatic nitrogens is 2. The van der Waals surface area contributed by atoms with E-state index in [1.165, 1.54) is 25.6 Å². The molecule has 5 heteroatoms. The molecular weight excluding hydrogens is 192 g/mol. The summed E-state index contributed by atoms with van der Waals surface area (Å²) in [4.78, 5) is 7.99. The highest BCUT2D eigenvalue weighted by Gasteiger charge is 2.20. The van der Waals surface area contributed by atoms with E-state index in [2.05, 4.69) is 15.3 Å². The van der Waals surface area contributed by atoms with Crippen LogP contribution in [-0.2, 0) is 0 Å². The van der Waals surface area contributed by atoms with Gasteiger partial charge in [-0.25, -0.2) is 4.98 Å². The Kier molecular flexibility index (Phi) is 2.89. The first-order valence-corrected chi connectivity index (χ1v) is 5.19. The number of ether oxygens (including phenoxy) is 1. The molecule has 5 nitrogen and oxygen atoms in total. The molecule has 1 aromatic heterocycles. The quantitative estimate of drug-likeness (QED) is 0.762. The van der Waals surface area contributed by atoms with E-state index in [0.29, 0.717) is 17.4 Å². The van der Waals surface area contributed by atoms with Gasteiger partial charge in [0.1, 0.15) is 12.0 Å². The maximum Gasteiger partial charge on any atom is 0.242 e. The van der Waals surface area contributed by atoms with Gasteiger partial charge in [0, 0.05) is 6.54 Å². The van der Waals surface area contributed by atoms with Crippen LogP contribution in [0.3, 0.4) is 0 Å². The molecule has 1 aliphatic carbocycles. The van der Waals surface area contributed by atoms with Gasteiger partial charge in [0.05, 0.1) is 7.11 Å². The molecule has 0 radical (unpaired) electrons. The average Bonchev–Trinajstić information content (AvgIpc) is 3.04. The monoisotopic (exact) mass is 208 g/mol. The summed E-state index contributed by atoms with van der Waals surface area (Å²) in [5.74, 6) is 2.00. The van der Waals surface area contributed by atoms with Crippen LogP contribution in [0.2, 0.25) is 0 Å². The second-order valence-corrected chi connectivity index (χ2v) is 3.80. The molecule has 0 bridgehead atoms. The van der Waals surface area contributed by atoms with Crippen molar-refractivity contribution in [1.29, 1.82) is 0 Å². The fourth-order valence-electron chi connectivity index (χ4n) is 1.48. The maximum absolute atomic E-state index is 5.81. The standard InChI is InChI=1S/C10H16N4O/c1-15-10-8(11)9(13-6-14-10)12-5-4-7-2-3-7/h6-7H,2-5,11H2,1H3,(H,12,13,14). The fourth-order valence-corrected chi connectivity index (χ4v) is 1.48. The topological polar surface area (TPSA) is 73.1 Å². The van der Waals surface area contributed by atoms with Gasteiger partial charge in [-0.1, -0.05) is 12.8 Å². The lowest BCUT2D eigenvalue weighted by Gasteiger charge is -2.09. The number of nitrogens with two attached hydrogens (primary N) is 1. The number of methoxy groups -OCH3 is 1. The van der Waals surface area contributed by atoms with Crippen LogP contribution in [0.1, 0.15) is 19.3 Å². The van der Waals surface area contributed by atoms with Crippen LogP contribution in [0.5, 0.6) is 5.88 Å². The van der Waals surface area contributed by atoms with Crippen LogP contribution in [-0.4, -0.2) is 23.6 Å². The molecule has 0 aromatic carbocycles. The van der Waals surface area contributed by atoms with Gasteiger partial charge in [0.25, 0.3) is 0 Å². The average molecular weight is 208 g/mol. The van der Waals surface area contributed by atoms with E-state index in [4.69, 9.17) is 10.5 Å². The Hall–Kier alpha value is -1.52. The van der Waals surface area contributed by atoms with Gasteiger partial charge in [-0.3, -0.25) is 0 Å². The molecule has 15 heavy (non-hydrogen) atoms. The lowest BCUT2D eigenvalue weighted by atomic mass is 10.3. The van der Waals surface area contributed by atoms with Crippen molar-refractivity contribution < 1.29 is 4.74 Å². The Balaban J connectivity index is 1.93. The minimum atomic E-state index is 0.430. The number of hydrogen-bond donors (Lipinski definition) is 2. The first kappa shape index (κ1) is 10.0. The Labute approximate surface area is 89.1 Å². The summed E-state index contributed by atoms with van der Waals surface area (Å²) < 4.78 is 5.01. The molecule has 1 heterocycles. The van der Waals surface area contributed by atoms with E-state index in [1.807, 2.05) is 0 Å². The molecule has 0 spiro atoms. The van der Waals surface area contributed by atoms with Crippen molar-refractivity contribution in [2.75, 3.05) is 24.7 Å². The van der Waals surface area contributed by atoms with Crippen molar-refractivity contribution in [3.05, 3.63) is 6.33 Å². The summed E-state index contributed by atoms with van der Waals surface area (Å²) >= 11 is 0. The van der Waals surface area contributed by atoms with Crippen LogP contribution >= 0.6 is 0 Å². The minimum Gasteiger partial charge on any atom is -0.479 e. The molecule has 1 fully saturated rings. The smallest absolute Gasteiger partial charge is 0.242 e. The van der Waals surface area contributed by atoms with E-state index >= 15 is 0 Å². The number of anilines is 2. The Bertz CT molecular complexity index is 338. The molecule has 82 valence electrons. The summed E-state index contributed by atoms with van der Waals surface area (Å²) in [6, 6.07) is 0. The normalized spacial score (nSPS) is 15.0. The zero-order valence-corrected chi connectivity index (χ0v) is 8.86. The first-order valence-electron chi connectivity index (χ1n) is 5.19. The number of nitrogen functional groups attached to an aromatic ring is 1. The Morgan fingerprint density at radius 3 is 3.00 bits per heavy atom. The SMILES string of the molecule is COc1ncnc(NCCC2CC2)c1N. The second-order valence-electron chi connectivity index (χ2n) is 3.80. The molecule has 1 aromatic rings. The highest BCUT2D eigenvalue weighted by molar-refractivity contribution is 5.66. The van der Waals surface area contributed by atoms with Crippen LogP contribution in [0.25, 0.3) is 0 Å². The second kappa shape index (κ2) is 4.33. The minimum absolute atomic E-state index is 0.430. The lowest BCUT2D eigenvalue weighted by molar-refractivity contribution is 0.399. The van der Waals surface area contributed by atoms with Crippen molar-refractivity contribution in [2.45, 2.75) is 19.3 Å². The van der Waals surface area contributed by atoms with Crippen molar-refractivity contribution >= 4 is 11.5 Å². The van der Waals surface area contributed by atoms with Gasteiger partial charge in [0.2, 0.25) is 5.88 Å². The van der Waals surface area contributed by atoms with Crippen molar-refractivity contribution in [2.24, 2.45) is 5.92 Å². The van der Waals surface area contributed by atoms with Gasteiger partial charge in [-0.05, 0) is 12.3 Å². The van der Waals surface area contributed by atoms with Gasteiger partial charge in [0.15, 0.2) is 5.82 Å². The van der Waals surface area contributed by atoms with E-state index in [-0.39, 0.29) is 0 Å². The Morgan fingerprint density at radius 2 is 2.33 bits per heavy atom. The predicted molar refractivity (Wildman–Crippen MR) is 58.8 cm³/mol. The number of hydrogen-bond acceptors (Lipinski definition) is 5. The molecule has 2 rings (SSSR count). The molecule has 3 N–H and O–H groups in total. The predicted octanol–water partition coefficient (Wildman–Crippen LogP) is 1.28. The molecule has 0 amide bonds. The molecule has 0 aliphatic heterocycles. The third-order valence-corrected chi connectivity index (χ3v) is 2.58. The van der Waals surface area contributed by atoms with E-state index in [1.54, 1.807) is 7.11 Å². The van der Waals surface area contributed by atoms with Crippen molar-refractivity contribution in [1.82, 2.24) is 9.97 Å². The summed E-state index contributed by atoms with van der Waals surface area (Å²) in [6.07, 6.45) is 5.37. The lowest BCUT2D eigenvalue weighted by Crippen LogP contribution is -2.08. The van der Waals surface area contributed by atoms with Crippen LogP contribution < -0.4 is 15.8 Å². The maximum atomic E-state index is 5.81. The highest BCUT2D eigenvalue weighted by Crippen LogP contribution is 2.32. The van der Waals surface area contributed by atoms with Crippen LogP contribution in [0.15, 0.2) is 6.33 Å². The molecule has 1 saturated carbocycles. The number of nitrogens with zero attached hydrogens (tertiary/aromatic N) is 2.